The monoisotopic (exact) mass is 664 g/mol. The number of aromatic nitrogens is 2. The highest BCUT2D eigenvalue weighted by molar-refractivity contribution is 7.14. The zero-order chi connectivity index (χ0) is 33.6. The van der Waals surface area contributed by atoms with E-state index in [0.29, 0.717) is 42.0 Å². The summed E-state index contributed by atoms with van der Waals surface area (Å²) in [6.45, 7) is 7.71. The molecule has 48 heavy (non-hydrogen) atoms. The molecular weight excluding hydrogens is 617 g/mol. The fraction of sp³-hybridized carbons (Fsp3) is 0.450. The molecule has 0 bridgehead atoms. The minimum atomic E-state index is -0.702. The molecule has 2 fully saturated rings. The van der Waals surface area contributed by atoms with E-state index in [0.717, 1.165) is 39.5 Å². The number of thiophene rings is 1. The van der Waals surface area contributed by atoms with E-state index in [9.17, 15) is 14.7 Å². The van der Waals surface area contributed by atoms with Crippen molar-refractivity contribution in [3.05, 3.63) is 93.9 Å². The van der Waals surface area contributed by atoms with Gasteiger partial charge in [-0.15, -0.1) is 11.3 Å². The molecule has 1 aliphatic carbocycles. The van der Waals surface area contributed by atoms with Gasteiger partial charge in [0.15, 0.2) is 5.82 Å². The SMILES string of the molecule is CC[C@H]1CC[C@H](c2ccc(-c3cnc(-c4ccc(C[C@H](NC(=O)c5ccc(CC(C)C)s5)C(=O)N5CC(CO)C5)cc4)nc3)cc2)CC1. The Balaban J connectivity index is 1.10. The number of aliphatic hydroxyl groups is 1. The van der Waals surface area contributed by atoms with Crippen LogP contribution in [0.25, 0.3) is 22.5 Å². The maximum atomic E-state index is 13.5. The Morgan fingerprint density at radius 2 is 1.52 bits per heavy atom. The molecule has 3 heterocycles. The van der Waals surface area contributed by atoms with Crippen molar-refractivity contribution in [2.45, 2.75) is 77.7 Å². The predicted molar refractivity (Wildman–Crippen MR) is 193 cm³/mol. The van der Waals surface area contributed by atoms with Gasteiger partial charge in [0.05, 0.1) is 4.88 Å². The van der Waals surface area contributed by atoms with E-state index in [4.69, 9.17) is 0 Å². The molecule has 1 saturated heterocycles. The molecule has 2 aliphatic rings. The molecule has 1 saturated carbocycles. The molecule has 2 amide bonds. The number of hydrogen-bond acceptors (Lipinski definition) is 6. The summed E-state index contributed by atoms with van der Waals surface area (Å²) in [6, 6.07) is 20.0. The van der Waals surface area contributed by atoms with E-state index >= 15 is 0 Å². The first-order valence-electron chi connectivity index (χ1n) is 17.6. The fourth-order valence-corrected chi connectivity index (χ4v) is 8.15. The van der Waals surface area contributed by atoms with E-state index in [1.54, 1.807) is 4.90 Å². The predicted octanol–water partition coefficient (Wildman–Crippen LogP) is 7.55. The smallest absolute Gasteiger partial charge is 0.262 e. The third kappa shape index (κ3) is 8.21. The summed E-state index contributed by atoms with van der Waals surface area (Å²) in [5.74, 6) is 2.47. The van der Waals surface area contributed by atoms with Crippen molar-refractivity contribution in [3.8, 4) is 22.5 Å². The number of aliphatic hydroxyl groups excluding tert-OH is 1. The first-order valence-corrected chi connectivity index (χ1v) is 18.4. The summed E-state index contributed by atoms with van der Waals surface area (Å²) >= 11 is 1.48. The normalized spacial score (nSPS) is 18.8. The molecule has 252 valence electrons. The number of nitrogens with zero attached hydrogens (tertiary/aromatic N) is 3. The summed E-state index contributed by atoms with van der Waals surface area (Å²) in [6.07, 6.45) is 11.6. The van der Waals surface area contributed by atoms with Gasteiger partial charge in [-0.25, -0.2) is 9.97 Å². The van der Waals surface area contributed by atoms with E-state index < -0.39 is 6.04 Å². The van der Waals surface area contributed by atoms with E-state index in [1.165, 1.54) is 49.0 Å². The van der Waals surface area contributed by atoms with Crippen molar-refractivity contribution in [2.24, 2.45) is 17.8 Å². The molecule has 2 aromatic carbocycles. The van der Waals surface area contributed by atoms with Gasteiger partial charge in [0.25, 0.3) is 5.91 Å². The van der Waals surface area contributed by atoms with Gasteiger partial charge in [0.2, 0.25) is 5.91 Å². The highest BCUT2D eigenvalue weighted by atomic mass is 32.1. The molecule has 7 nitrogen and oxygen atoms in total. The first-order chi connectivity index (χ1) is 23.3. The lowest BCUT2D eigenvalue weighted by molar-refractivity contribution is -0.140. The van der Waals surface area contributed by atoms with Gasteiger partial charge < -0.3 is 15.3 Å². The summed E-state index contributed by atoms with van der Waals surface area (Å²) < 4.78 is 0. The average Bonchev–Trinajstić information content (AvgIpc) is 3.56. The Labute approximate surface area is 288 Å². The molecule has 1 atom stereocenters. The number of rotatable bonds is 12. The zero-order valence-electron chi connectivity index (χ0n) is 28.4. The van der Waals surface area contributed by atoms with Gasteiger partial charge in [0.1, 0.15) is 6.04 Å². The van der Waals surface area contributed by atoms with Gasteiger partial charge in [-0.1, -0.05) is 75.7 Å². The van der Waals surface area contributed by atoms with Crippen LogP contribution in [-0.4, -0.2) is 57.5 Å². The van der Waals surface area contributed by atoms with Crippen LogP contribution in [0.15, 0.2) is 73.1 Å². The molecule has 2 N–H and O–H groups in total. The van der Waals surface area contributed by atoms with Crippen molar-refractivity contribution < 1.29 is 14.7 Å². The topological polar surface area (TPSA) is 95.4 Å². The second kappa shape index (κ2) is 15.6. The Morgan fingerprint density at radius 1 is 0.854 bits per heavy atom. The molecule has 0 spiro atoms. The van der Waals surface area contributed by atoms with Crippen molar-refractivity contribution in [3.63, 3.8) is 0 Å². The molecule has 8 heteroatoms. The minimum Gasteiger partial charge on any atom is -0.396 e. The highest BCUT2D eigenvalue weighted by Gasteiger charge is 2.35. The maximum absolute atomic E-state index is 13.5. The lowest BCUT2D eigenvalue weighted by Crippen LogP contribution is -2.58. The van der Waals surface area contributed by atoms with Crippen molar-refractivity contribution in [2.75, 3.05) is 19.7 Å². The third-order valence-electron chi connectivity index (χ3n) is 10.1. The van der Waals surface area contributed by atoms with Gasteiger partial charge in [-0.2, -0.15) is 0 Å². The molecule has 1 aliphatic heterocycles. The van der Waals surface area contributed by atoms with Crippen molar-refractivity contribution >= 4 is 23.2 Å². The Morgan fingerprint density at radius 3 is 2.15 bits per heavy atom. The van der Waals surface area contributed by atoms with Crippen LogP contribution < -0.4 is 5.32 Å². The highest BCUT2D eigenvalue weighted by Crippen LogP contribution is 2.37. The number of carbonyl (C=O) groups excluding carboxylic acids is 2. The van der Waals surface area contributed by atoms with Crippen LogP contribution in [0.3, 0.4) is 0 Å². The molecule has 0 unspecified atom stereocenters. The van der Waals surface area contributed by atoms with Crippen LogP contribution in [-0.2, 0) is 17.6 Å². The number of amides is 2. The number of nitrogens with one attached hydrogen (secondary N) is 1. The zero-order valence-corrected chi connectivity index (χ0v) is 29.2. The van der Waals surface area contributed by atoms with E-state index in [2.05, 4.69) is 60.3 Å². The number of carbonyl (C=O) groups is 2. The molecule has 6 rings (SSSR count). The summed E-state index contributed by atoms with van der Waals surface area (Å²) in [5.41, 5.74) is 5.37. The van der Waals surface area contributed by atoms with E-state index in [-0.39, 0.29) is 24.3 Å². The maximum Gasteiger partial charge on any atom is 0.262 e. The Hall–Kier alpha value is -3.88. The second-order valence-corrected chi connectivity index (χ2v) is 15.3. The number of likely N-dealkylation sites (tertiary alicyclic amines) is 1. The van der Waals surface area contributed by atoms with Crippen LogP contribution in [0.2, 0.25) is 0 Å². The van der Waals surface area contributed by atoms with Gasteiger partial charge >= 0.3 is 0 Å². The quantitative estimate of drug-likeness (QED) is 0.163. The van der Waals surface area contributed by atoms with Crippen molar-refractivity contribution in [1.82, 2.24) is 20.2 Å². The third-order valence-corrected chi connectivity index (χ3v) is 11.2. The minimum absolute atomic E-state index is 0.0609. The van der Waals surface area contributed by atoms with Gasteiger partial charge in [-0.3, -0.25) is 9.59 Å². The summed E-state index contributed by atoms with van der Waals surface area (Å²) in [4.78, 5) is 39.6. The number of benzene rings is 2. The molecule has 2 aromatic heterocycles. The molecule has 0 radical (unpaired) electrons. The average molecular weight is 665 g/mol. The van der Waals surface area contributed by atoms with Crippen molar-refractivity contribution in [1.29, 1.82) is 0 Å². The second-order valence-electron chi connectivity index (χ2n) is 14.1. The van der Waals surface area contributed by atoms with Gasteiger partial charge in [0, 0.05) is 60.4 Å². The lowest BCUT2D eigenvalue weighted by atomic mass is 9.78. The molecule has 4 aromatic rings. The van der Waals surface area contributed by atoms with Crippen LogP contribution in [0.1, 0.15) is 84.5 Å². The van der Waals surface area contributed by atoms with Gasteiger partial charge in [-0.05, 0) is 78.7 Å². The standard InChI is InChI=1S/C40H48N4O3S/c1-4-27-5-9-30(10-6-27)31-13-15-32(16-14-31)34-21-41-38(42-22-34)33-11-7-28(8-12-33)20-36(40(47)44-23-29(24-44)25-45)43-39(46)37-18-17-35(48-37)19-26(2)3/h7-8,11-18,21-22,26-27,29-30,36,45H,4-6,9-10,19-20,23-25H2,1-3H3,(H,43,46)/t27-,30-,36-/m0/s1. The van der Waals surface area contributed by atoms with Crippen LogP contribution >= 0.6 is 11.3 Å². The Bertz CT molecular complexity index is 1650. The van der Waals surface area contributed by atoms with Crippen LogP contribution in [0.5, 0.6) is 0 Å². The number of hydrogen-bond donors (Lipinski definition) is 2. The fourth-order valence-electron chi connectivity index (χ4n) is 7.03. The first kappa shape index (κ1) is 34.0. The summed E-state index contributed by atoms with van der Waals surface area (Å²) in [7, 11) is 0. The molecular formula is C40H48N4O3S. The lowest BCUT2D eigenvalue weighted by Gasteiger charge is -2.40. The largest absolute Gasteiger partial charge is 0.396 e. The summed E-state index contributed by atoms with van der Waals surface area (Å²) in [5, 5.41) is 12.5. The van der Waals surface area contributed by atoms with Crippen LogP contribution in [0.4, 0.5) is 0 Å². The van der Waals surface area contributed by atoms with Crippen LogP contribution in [0, 0.1) is 17.8 Å². The Kier molecular flexibility index (Phi) is 11.0. The van der Waals surface area contributed by atoms with E-state index in [1.807, 2.05) is 48.8 Å².